The van der Waals surface area contributed by atoms with Crippen LogP contribution in [0.15, 0.2) is 24.3 Å². The second kappa shape index (κ2) is 4.70. The van der Waals surface area contributed by atoms with E-state index in [2.05, 4.69) is 29.2 Å². The number of aryl methyl sites for hydroxylation is 2. The Balaban J connectivity index is 1.77. The fraction of sp³-hybridized carbons (Fsp3) is 0.375. The van der Waals surface area contributed by atoms with Gasteiger partial charge in [-0.1, -0.05) is 29.5 Å². The number of ketones is 1. The molecule has 0 fully saturated rings. The number of benzene rings is 1. The number of para-hydroxylation sites is 1. The van der Waals surface area contributed by atoms with E-state index >= 15 is 0 Å². The molecule has 2 heterocycles. The number of carbonyl (C=O) groups excluding carboxylic acids is 1. The lowest BCUT2D eigenvalue weighted by molar-refractivity contribution is 0.0976. The molecule has 0 bridgehead atoms. The number of carbonyl (C=O) groups is 1. The lowest BCUT2D eigenvalue weighted by Crippen LogP contribution is -2.24. The number of aromatic nitrogens is 1. The second-order valence-electron chi connectivity index (χ2n) is 5.43. The number of hydrogen-bond acceptors (Lipinski definition) is 4. The standard InChI is InChI=1S/C16H16N2OS/c19-14-9-3-7-12-15(14)20-16(17-12)18-10-4-6-11-5-1-2-8-13(11)18/h1-2,5,8H,3-4,6-7,9-10H2. The highest BCUT2D eigenvalue weighted by Crippen LogP contribution is 2.38. The number of Topliss-reactive ketones (excluding diaryl/α,β-unsaturated/α-hetero) is 1. The first kappa shape index (κ1) is 12.1. The van der Waals surface area contributed by atoms with Crippen LogP contribution in [0.1, 0.15) is 40.2 Å². The van der Waals surface area contributed by atoms with Crippen molar-refractivity contribution in [3.8, 4) is 0 Å². The number of rotatable bonds is 1. The van der Waals surface area contributed by atoms with Crippen molar-refractivity contribution in [3.05, 3.63) is 40.4 Å². The summed E-state index contributed by atoms with van der Waals surface area (Å²) in [7, 11) is 0. The summed E-state index contributed by atoms with van der Waals surface area (Å²) in [6, 6.07) is 8.53. The minimum atomic E-state index is 0.278. The summed E-state index contributed by atoms with van der Waals surface area (Å²) in [6.45, 7) is 0.998. The Morgan fingerprint density at radius 3 is 2.90 bits per heavy atom. The predicted molar refractivity (Wildman–Crippen MR) is 81.2 cm³/mol. The van der Waals surface area contributed by atoms with Crippen LogP contribution in [0.2, 0.25) is 0 Å². The van der Waals surface area contributed by atoms with Crippen molar-refractivity contribution in [1.82, 2.24) is 4.98 Å². The van der Waals surface area contributed by atoms with Gasteiger partial charge in [0.25, 0.3) is 0 Å². The zero-order chi connectivity index (χ0) is 13.5. The van der Waals surface area contributed by atoms with E-state index in [-0.39, 0.29) is 5.78 Å². The summed E-state index contributed by atoms with van der Waals surface area (Å²) in [5, 5.41) is 0.998. The largest absolute Gasteiger partial charge is 0.318 e. The van der Waals surface area contributed by atoms with E-state index in [4.69, 9.17) is 4.98 Å². The van der Waals surface area contributed by atoms with Crippen molar-refractivity contribution in [2.45, 2.75) is 32.1 Å². The van der Waals surface area contributed by atoms with E-state index in [1.165, 1.54) is 11.3 Å². The van der Waals surface area contributed by atoms with Gasteiger partial charge in [0.1, 0.15) is 0 Å². The van der Waals surface area contributed by atoms with Gasteiger partial charge in [0.2, 0.25) is 0 Å². The fourth-order valence-electron chi connectivity index (χ4n) is 3.10. The van der Waals surface area contributed by atoms with Gasteiger partial charge in [0.15, 0.2) is 10.9 Å². The van der Waals surface area contributed by atoms with Gasteiger partial charge in [0.05, 0.1) is 10.6 Å². The van der Waals surface area contributed by atoms with Gasteiger partial charge in [-0.25, -0.2) is 4.98 Å². The van der Waals surface area contributed by atoms with Gasteiger partial charge in [-0.2, -0.15) is 0 Å². The fourth-order valence-corrected chi connectivity index (χ4v) is 4.22. The highest BCUT2D eigenvalue weighted by molar-refractivity contribution is 7.17. The van der Waals surface area contributed by atoms with Gasteiger partial charge in [0, 0.05) is 18.7 Å². The molecule has 0 radical (unpaired) electrons. The molecule has 1 aromatic carbocycles. The van der Waals surface area contributed by atoms with Gasteiger partial charge in [-0.15, -0.1) is 0 Å². The average molecular weight is 284 g/mol. The summed E-state index contributed by atoms with van der Waals surface area (Å²) < 4.78 is 0. The number of fused-ring (bicyclic) bond motifs is 2. The first-order valence-electron chi connectivity index (χ1n) is 7.21. The average Bonchev–Trinajstić information content (AvgIpc) is 2.92. The molecule has 0 unspecified atom stereocenters. The molecule has 0 atom stereocenters. The van der Waals surface area contributed by atoms with E-state index in [1.54, 1.807) is 11.3 Å². The van der Waals surface area contributed by atoms with Crippen molar-refractivity contribution < 1.29 is 4.79 Å². The van der Waals surface area contributed by atoms with Crippen LogP contribution in [0.25, 0.3) is 0 Å². The Labute approximate surface area is 122 Å². The Bertz CT molecular complexity index is 677. The van der Waals surface area contributed by atoms with Crippen LogP contribution in [-0.4, -0.2) is 17.3 Å². The topological polar surface area (TPSA) is 33.2 Å². The smallest absolute Gasteiger partial charge is 0.190 e. The Morgan fingerprint density at radius 1 is 1.10 bits per heavy atom. The summed E-state index contributed by atoms with van der Waals surface area (Å²) in [5.74, 6) is 0.278. The quantitative estimate of drug-likeness (QED) is 0.799. The summed E-state index contributed by atoms with van der Waals surface area (Å²) >= 11 is 1.58. The lowest BCUT2D eigenvalue weighted by Gasteiger charge is -2.28. The molecule has 0 N–H and O–H groups in total. The maximum absolute atomic E-state index is 12.0. The molecule has 0 spiro atoms. The van der Waals surface area contributed by atoms with E-state index in [0.717, 1.165) is 47.9 Å². The van der Waals surface area contributed by atoms with Gasteiger partial charge in [-0.3, -0.25) is 4.79 Å². The first-order chi connectivity index (χ1) is 9.83. The third kappa shape index (κ3) is 1.86. The Morgan fingerprint density at radius 2 is 2.00 bits per heavy atom. The highest BCUT2D eigenvalue weighted by Gasteiger charge is 2.26. The Kier molecular flexibility index (Phi) is 2.84. The zero-order valence-electron chi connectivity index (χ0n) is 11.3. The molecule has 102 valence electrons. The SMILES string of the molecule is O=C1CCCc2nc(N3CCCc4ccccc43)sc21. The molecule has 2 aromatic rings. The molecule has 0 saturated heterocycles. The van der Waals surface area contributed by atoms with E-state index in [0.29, 0.717) is 6.42 Å². The maximum Gasteiger partial charge on any atom is 0.190 e. The molecular formula is C16H16N2OS. The van der Waals surface area contributed by atoms with E-state index in [9.17, 15) is 4.79 Å². The van der Waals surface area contributed by atoms with Crippen LogP contribution in [0.3, 0.4) is 0 Å². The number of nitrogens with zero attached hydrogens (tertiary/aromatic N) is 2. The molecule has 4 heteroatoms. The molecule has 20 heavy (non-hydrogen) atoms. The molecule has 1 aliphatic carbocycles. The van der Waals surface area contributed by atoms with Crippen LogP contribution < -0.4 is 4.90 Å². The molecule has 4 rings (SSSR count). The molecule has 0 amide bonds. The summed E-state index contributed by atoms with van der Waals surface area (Å²) in [6.07, 6.45) is 4.87. The third-order valence-electron chi connectivity index (χ3n) is 4.10. The van der Waals surface area contributed by atoms with Crippen molar-refractivity contribution >= 4 is 27.9 Å². The van der Waals surface area contributed by atoms with E-state index in [1.807, 2.05) is 0 Å². The Hall–Kier alpha value is -1.68. The van der Waals surface area contributed by atoms with Crippen molar-refractivity contribution in [2.75, 3.05) is 11.4 Å². The number of hydrogen-bond donors (Lipinski definition) is 0. The minimum absolute atomic E-state index is 0.278. The van der Waals surface area contributed by atoms with Crippen molar-refractivity contribution in [3.63, 3.8) is 0 Å². The summed E-state index contributed by atoms with van der Waals surface area (Å²) in [5.41, 5.74) is 3.67. The van der Waals surface area contributed by atoms with Gasteiger partial charge in [-0.05, 0) is 37.3 Å². The minimum Gasteiger partial charge on any atom is -0.318 e. The van der Waals surface area contributed by atoms with Crippen molar-refractivity contribution in [1.29, 1.82) is 0 Å². The second-order valence-corrected chi connectivity index (χ2v) is 6.41. The van der Waals surface area contributed by atoms with Crippen LogP contribution in [-0.2, 0) is 12.8 Å². The van der Waals surface area contributed by atoms with Crippen LogP contribution in [0.5, 0.6) is 0 Å². The zero-order valence-corrected chi connectivity index (χ0v) is 12.1. The van der Waals surface area contributed by atoms with Gasteiger partial charge < -0.3 is 4.90 Å². The van der Waals surface area contributed by atoms with Crippen LogP contribution in [0.4, 0.5) is 10.8 Å². The van der Waals surface area contributed by atoms with Gasteiger partial charge >= 0.3 is 0 Å². The molecule has 0 saturated carbocycles. The highest BCUT2D eigenvalue weighted by atomic mass is 32.1. The van der Waals surface area contributed by atoms with E-state index < -0.39 is 0 Å². The molecule has 1 aliphatic heterocycles. The molecule has 2 aliphatic rings. The number of thiazole rings is 1. The third-order valence-corrected chi connectivity index (χ3v) is 5.26. The summed E-state index contributed by atoms with van der Waals surface area (Å²) in [4.78, 5) is 19.9. The predicted octanol–water partition coefficient (Wildman–Crippen LogP) is 3.75. The maximum atomic E-state index is 12.0. The first-order valence-corrected chi connectivity index (χ1v) is 8.03. The molecule has 1 aromatic heterocycles. The molecule has 3 nitrogen and oxygen atoms in total. The molecular weight excluding hydrogens is 268 g/mol. The van der Waals surface area contributed by atoms with Crippen molar-refractivity contribution in [2.24, 2.45) is 0 Å². The van der Waals surface area contributed by atoms with Crippen LogP contribution in [0, 0.1) is 0 Å². The number of anilines is 2. The lowest BCUT2D eigenvalue weighted by atomic mass is 10.0. The normalized spacial score (nSPS) is 17.8. The monoisotopic (exact) mass is 284 g/mol. The van der Waals surface area contributed by atoms with Crippen LogP contribution >= 0.6 is 11.3 Å².